The van der Waals surface area contributed by atoms with Crippen LogP contribution in [0.2, 0.25) is 0 Å². The minimum atomic E-state index is -0.405. The van der Waals surface area contributed by atoms with Gasteiger partial charge in [0.15, 0.2) is 11.6 Å². The van der Waals surface area contributed by atoms with Crippen LogP contribution >= 0.6 is 15.9 Å². The zero-order valence-corrected chi connectivity index (χ0v) is 12.0. The highest BCUT2D eigenvalue weighted by Gasteiger charge is 2.07. The van der Waals surface area contributed by atoms with E-state index in [1.165, 1.54) is 6.07 Å². The molecule has 3 nitrogen and oxygen atoms in total. The lowest BCUT2D eigenvalue weighted by molar-refractivity contribution is 0.289. The van der Waals surface area contributed by atoms with Crippen LogP contribution in [-0.2, 0) is 6.61 Å². The molecule has 2 aromatic rings. The number of aromatic nitrogens is 1. The third-order valence-electron chi connectivity index (χ3n) is 2.64. The van der Waals surface area contributed by atoms with Gasteiger partial charge in [0, 0.05) is 28.5 Å². The van der Waals surface area contributed by atoms with Crippen LogP contribution in [0.15, 0.2) is 41.1 Å². The van der Waals surface area contributed by atoms with Gasteiger partial charge >= 0.3 is 0 Å². The fourth-order valence-corrected chi connectivity index (χ4v) is 2.03. The SMILES string of the molecule is CC(N)c1ccc(OCc2cncc(Br)c2)c(F)c1. The summed E-state index contributed by atoms with van der Waals surface area (Å²) in [5.74, 6) is -0.192. The van der Waals surface area contributed by atoms with Gasteiger partial charge in [0.1, 0.15) is 6.61 Å². The molecule has 0 aliphatic carbocycles. The second kappa shape index (κ2) is 6.12. The van der Waals surface area contributed by atoms with E-state index < -0.39 is 5.82 Å². The van der Waals surface area contributed by atoms with Crippen LogP contribution in [0.25, 0.3) is 0 Å². The van der Waals surface area contributed by atoms with Crippen molar-refractivity contribution in [1.29, 1.82) is 0 Å². The number of hydrogen-bond donors (Lipinski definition) is 1. The van der Waals surface area contributed by atoms with E-state index in [0.29, 0.717) is 0 Å². The second-order valence-corrected chi connectivity index (χ2v) is 5.19. The molecule has 1 aromatic heterocycles. The maximum absolute atomic E-state index is 13.8. The first kappa shape index (κ1) is 14.0. The van der Waals surface area contributed by atoms with E-state index in [-0.39, 0.29) is 18.4 Å². The number of halogens is 2. The standard InChI is InChI=1S/C14H14BrFN2O/c1-9(17)11-2-3-14(13(16)5-11)19-8-10-4-12(15)7-18-6-10/h2-7,9H,8,17H2,1H3. The van der Waals surface area contributed by atoms with Gasteiger partial charge in [-0.25, -0.2) is 4.39 Å². The Kier molecular flexibility index (Phi) is 4.50. The molecular formula is C14H14BrFN2O. The first-order valence-electron chi connectivity index (χ1n) is 5.83. The normalized spacial score (nSPS) is 12.2. The van der Waals surface area contributed by atoms with Crippen molar-refractivity contribution in [3.8, 4) is 5.75 Å². The summed E-state index contributed by atoms with van der Waals surface area (Å²) in [4.78, 5) is 4.02. The summed E-state index contributed by atoms with van der Waals surface area (Å²) >= 11 is 3.32. The molecule has 0 aliphatic rings. The Morgan fingerprint density at radius 3 is 2.79 bits per heavy atom. The minimum Gasteiger partial charge on any atom is -0.486 e. The number of rotatable bonds is 4. The molecule has 2 N–H and O–H groups in total. The third-order valence-corrected chi connectivity index (χ3v) is 3.07. The summed E-state index contributed by atoms with van der Waals surface area (Å²) in [7, 11) is 0. The van der Waals surface area contributed by atoms with Gasteiger partial charge in [-0.1, -0.05) is 6.07 Å². The summed E-state index contributed by atoms with van der Waals surface area (Å²) in [6.45, 7) is 2.07. The predicted molar refractivity (Wildman–Crippen MR) is 75.3 cm³/mol. The summed E-state index contributed by atoms with van der Waals surface area (Å²) in [5, 5.41) is 0. The number of hydrogen-bond acceptors (Lipinski definition) is 3. The molecule has 19 heavy (non-hydrogen) atoms. The topological polar surface area (TPSA) is 48.1 Å². The summed E-state index contributed by atoms with van der Waals surface area (Å²) < 4.78 is 20.1. The van der Waals surface area contributed by atoms with Gasteiger partial charge in [-0.05, 0) is 46.6 Å². The number of benzene rings is 1. The fourth-order valence-electron chi connectivity index (χ4n) is 1.61. The van der Waals surface area contributed by atoms with E-state index >= 15 is 0 Å². The second-order valence-electron chi connectivity index (χ2n) is 4.28. The van der Waals surface area contributed by atoms with Gasteiger partial charge in [-0.3, -0.25) is 4.98 Å². The molecule has 1 aromatic carbocycles. The molecule has 0 saturated heterocycles. The van der Waals surface area contributed by atoms with Crippen molar-refractivity contribution < 1.29 is 9.13 Å². The smallest absolute Gasteiger partial charge is 0.165 e. The van der Waals surface area contributed by atoms with Crippen molar-refractivity contribution in [2.24, 2.45) is 5.73 Å². The number of nitrogens with zero attached hydrogens (tertiary/aromatic N) is 1. The molecule has 5 heteroatoms. The number of nitrogens with two attached hydrogens (primary N) is 1. The van der Waals surface area contributed by atoms with Gasteiger partial charge in [0.2, 0.25) is 0 Å². The van der Waals surface area contributed by atoms with Crippen molar-refractivity contribution in [3.05, 3.63) is 58.1 Å². The maximum atomic E-state index is 13.8. The lowest BCUT2D eigenvalue weighted by Gasteiger charge is -2.10. The van der Waals surface area contributed by atoms with Crippen LogP contribution in [0.4, 0.5) is 4.39 Å². The van der Waals surface area contributed by atoms with Gasteiger partial charge in [-0.15, -0.1) is 0 Å². The van der Waals surface area contributed by atoms with Gasteiger partial charge in [0.25, 0.3) is 0 Å². The van der Waals surface area contributed by atoms with E-state index in [2.05, 4.69) is 20.9 Å². The molecule has 1 heterocycles. The van der Waals surface area contributed by atoms with E-state index in [4.69, 9.17) is 10.5 Å². The Bertz CT molecular complexity index is 575. The Balaban J connectivity index is 2.07. The Labute approximate surface area is 119 Å². The molecule has 0 spiro atoms. The van der Waals surface area contributed by atoms with Crippen LogP contribution in [-0.4, -0.2) is 4.98 Å². The van der Waals surface area contributed by atoms with Crippen molar-refractivity contribution in [1.82, 2.24) is 4.98 Å². The molecule has 0 bridgehead atoms. The van der Waals surface area contributed by atoms with Crippen molar-refractivity contribution in [2.45, 2.75) is 19.6 Å². The van der Waals surface area contributed by atoms with E-state index in [1.54, 1.807) is 24.5 Å². The average molecular weight is 325 g/mol. The summed E-state index contributed by atoms with van der Waals surface area (Å²) in [6.07, 6.45) is 3.36. The predicted octanol–water partition coefficient (Wildman–Crippen LogP) is 3.58. The van der Waals surface area contributed by atoms with E-state index in [1.807, 2.05) is 13.0 Å². The van der Waals surface area contributed by atoms with Crippen molar-refractivity contribution in [2.75, 3.05) is 0 Å². The highest BCUT2D eigenvalue weighted by Crippen LogP contribution is 2.22. The molecule has 0 fully saturated rings. The molecular weight excluding hydrogens is 311 g/mol. The lowest BCUT2D eigenvalue weighted by Crippen LogP contribution is -2.06. The monoisotopic (exact) mass is 324 g/mol. The van der Waals surface area contributed by atoms with Gasteiger partial charge in [0.05, 0.1) is 0 Å². The Morgan fingerprint density at radius 1 is 1.37 bits per heavy atom. The van der Waals surface area contributed by atoms with E-state index in [0.717, 1.165) is 15.6 Å². The minimum absolute atomic E-state index is 0.196. The van der Waals surface area contributed by atoms with Crippen LogP contribution in [0, 0.1) is 5.82 Å². The van der Waals surface area contributed by atoms with Crippen LogP contribution in [0.5, 0.6) is 5.75 Å². The van der Waals surface area contributed by atoms with Crippen LogP contribution < -0.4 is 10.5 Å². The van der Waals surface area contributed by atoms with Crippen molar-refractivity contribution >= 4 is 15.9 Å². The zero-order chi connectivity index (χ0) is 13.8. The average Bonchev–Trinajstić information content (AvgIpc) is 2.37. The lowest BCUT2D eigenvalue weighted by atomic mass is 10.1. The first-order valence-corrected chi connectivity index (χ1v) is 6.63. The highest BCUT2D eigenvalue weighted by molar-refractivity contribution is 9.10. The zero-order valence-electron chi connectivity index (χ0n) is 10.4. The number of pyridine rings is 1. The largest absolute Gasteiger partial charge is 0.486 e. The van der Waals surface area contributed by atoms with Crippen LogP contribution in [0.1, 0.15) is 24.1 Å². The summed E-state index contributed by atoms with van der Waals surface area (Å²) in [6, 6.07) is 6.44. The molecule has 100 valence electrons. The molecule has 0 saturated carbocycles. The third kappa shape index (κ3) is 3.75. The summed E-state index contributed by atoms with van der Waals surface area (Å²) in [5.41, 5.74) is 7.30. The molecule has 0 amide bonds. The van der Waals surface area contributed by atoms with Gasteiger partial charge in [-0.2, -0.15) is 0 Å². The Morgan fingerprint density at radius 2 is 2.16 bits per heavy atom. The Hall–Kier alpha value is -1.46. The maximum Gasteiger partial charge on any atom is 0.165 e. The molecule has 0 radical (unpaired) electrons. The molecule has 1 unspecified atom stereocenters. The van der Waals surface area contributed by atoms with Crippen molar-refractivity contribution in [3.63, 3.8) is 0 Å². The first-order chi connectivity index (χ1) is 9.06. The molecule has 1 atom stereocenters. The van der Waals surface area contributed by atoms with Gasteiger partial charge < -0.3 is 10.5 Å². The highest BCUT2D eigenvalue weighted by atomic mass is 79.9. The number of ether oxygens (including phenoxy) is 1. The van der Waals surface area contributed by atoms with Crippen LogP contribution in [0.3, 0.4) is 0 Å². The van der Waals surface area contributed by atoms with E-state index in [9.17, 15) is 4.39 Å². The molecule has 2 rings (SSSR count). The molecule has 0 aliphatic heterocycles. The quantitative estimate of drug-likeness (QED) is 0.935. The fraction of sp³-hybridized carbons (Fsp3) is 0.214.